The molecule has 1 heterocycles. The van der Waals surface area contributed by atoms with Gasteiger partial charge in [0.1, 0.15) is 5.01 Å². The number of para-hydroxylation sites is 2. The molecule has 0 unspecified atom stereocenters. The van der Waals surface area contributed by atoms with Crippen LogP contribution >= 0.6 is 11.3 Å². The van der Waals surface area contributed by atoms with Gasteiger partial charge in [0.05, 0.1) is 6.61 Å². The fourth-order valence-electron chi connectivity index (χ4n) is 2.94. The molecule has 1 saturated carbocycles. The number of aromatic nitrogens is 2. The molecule has 0 spiro atoms. The number of hydrogen-bond donors (Lipinski definition) is 1. The number of rotatable bonds is 7. The van der Waals surface area contributed by atoms with E-state index in [1.165, 1.54) is 43.4 Å². The Labute approximate surface area is 151 Å². The summed E-state index contributed by atoms with van der Waals surface area (Å²) >= 11 is 1.47. The molecule has 0 aliphatic heterocycles. The fraction of sp³-hybridized carbons (Fsp3) is 0.500. The van der Waals surface area contributed by atoms with E-state index in [2.05, 4.69) is 15.5 Å². The lowest BCUT2D eigenvalue weighted by atomic mass is 9.90. The first kappa shape index (κ1) is 17.7. The van der Waals surface area contributed by atoms with Crippen LogP contribution in [0, 0.1) is 0 Å². The average Bonchev–Trinajstić information content (AvgIpc) is 3.10. The van der Waals surface area contributed by atoms with Gasteiger partial charge in [0.25, 0.3) is 5.91 Å². The molecule has 134 valence electrons. The second-order valence-corrected chi connectivity index (χ2v) is 7.01. The summed E-state index contributed by atoms with van der Waals surface area (Å²) in [7, 11) is 0. The first-order valence-corrected chi connectivity index (χ1v) is 9.55. The number of hydrogen-bond acceptors (Lipinski definition) is 6. The maximum absolute atomic E-state index is 12.1. The van der Waals surface area contributed by atoms with Crippen molar-refractivity contribution >= 4 is 22.4 Å². The number of benzene rings is 1. The number of anilines is 1. The van der Waals surface area contributed by atoms with Gasteiger partial charge in [0.15, 0.2) is 18.1 Å². The molecule has 6 nitrogen and oxygen atoms in total. The summed E-state index contributed by atoms with van der Waals surface area (Å²) in [5.41, 5.74) is 0. The highest BCUT2D eigenvalue weighted by Gasteiger charge is 2.20. The van der Waals surface area contributed by atoms with E-state index in [1.54, 1.807) is 6.07 Å². The molecule has 3 rings (SSSR count). The zero-order chi connectivity index (χ0) is 17.5. The zero-order valence-electron chi connectivity index (χ0n) is 14.4. The third-order valence-corrected chi connectivity index (χ3v) is 5.15. The minimum atomic E-state index is -0.252. The number of amides is 1. The van der Waals surface area contributed by atoms with Crippen LogP contribution in [0.3, 0.4) is 0 Å². The quantitative estimate of drug-likeness (QED) is 0.807. The van der Waals surface area contributed by atoms with Crippen LogP contribution in [0.4, 0.5) is 5.13 Å². The molecule has 0 atom stereocenters. The van der Waals surface area contributed by atoms with Crippen molar-refractivity contribution in [2.24, 2.45) is 0 Å². The molecule has 0 saturated heterocycles. The molecule has 25 heavy (non-hydrogen) atoms. The van der Waals surface area contributed by atoms with E-state index in [0.29, 0.717) is 29.2 Å². The molecule has 1 aliphatic carbocycles. The van der Waals surface area contributed by atoms with Crippen molar-refractivity contribution in [3.05, 3.63) is 29.3 Å². The predicted molar refractivity (Wildman–Crippen MR) is 97.5 cm³/mol. The molecule has 7 heteroatoms. The van der Waals surface area contributed by atoms with E-state index >= 15 is 0 Å². The Balaban J connectivity index is 1.52. The normalized spacial score (nSPS) is 14.9. The maximum atomic E-state index is 12.1. The largest absolute Gasteiger partial charge is 0.490 e. The molecule has 1 fully saturated rings. The predicted octanol–water partition coefficient (Wildman–Crippen LogP) is 4.00. The van der Waals surface area contributed by atoms with Crippen molar-refractivity contribution in [2.75, 3.05) is 18.5 Å². The van der Waals surface area contributed by atoms with Crippen molar-refractivity contribution in [3.8, 4) is 11.5 Å². The van der Waals surface area contributed by atoms with Crippen molar-refractivity contribution in [1.29, 1.82) is 0 Å². The topological polar surface area (TPSA) is 73.3 Å². The number of carbonyl (C=O) groups is 1. The number of ether oxygens (including phenoxy) is 2. The zero-order valence-corrected chi connectivity index (χ0v) is 15.2. The molecule has 1 aromatic carbocycles. The number of carbonyl (C=O) groups excluding carboxylic acids is 1. The molecule has 1 aromatic heterocycles. The highest BCUT2D eigenvalue weighted by molar-refractivity contribution is 7.15. The Morgan fingerprint density at radius 1 is 1.16 bits per heavy atom. The van der Waals surface area contributed by atoms with Gasteiger partial charge >= 0.3 is 0 Å². The minimum absolute atomic E-state index is 0.0948. The van der Waals surface area contributed by atoms with Gasteiger partial charge in [-0.25, -0.2) is 0 Å². The van der Waals surface area contributed by atoms with E-state index in [1.807, 2.05) is 25.1 Å². The van der Waals surface area contributed by atoms with E-state index in [4.69, 9.17) is 9.47 Å². The lowest BCUT2D eigenvalue weighted by Crippen LogP contribution is -2.20. The lowest BCUT2D eigenvalue weighted by molar-refractivity contribution is -0.118. The minimum Gasteiger partial charge on any atom is -0.490 e. The molecular weight excluding hydrogens is 338 g/mol. The molecule has 1 aliphatic rings. The summed E-state index contributed by atoms with van der Waals surface area (Å²) in [4.78, 5) is 12.1. The smallest absolute Gasteiger partial charge is 0.264 e. The SMILES string of the molecule is CCOc1ccccc1OCC(=O)Nc1nnc(C2CCCCC2)s1. The highest BCUT2D eigenvalue weighted by atomic mass is 32.1. The Hall–Kier alpha value is -2.15. The Bertz CT molecular complexity index is 698. The van der Waals surface area contributed by atoms with Crippen LogP contribution in [0.15, 0.2) is 24.3 Å². The third kappa shape index (κ3) is 4.92. The highest BCUT2D eigenvalue weighted by Crippen LogP contribution is 2.35. The van der Waals surface area contributed by atoms with Crippen LogP contribution in [-0.2, 0) is 4.79 Å². The van der Waals surface area contributed by atoms with Crippen molar-refractivity contribution < 1.29 is 14.3 Å². The number of nitrogens with zero attached hydrogens (tertiary/aromatic N) is 2. The molecule has 1 amide bonds. The second kappa shape index (κ2) is 8.80. The van der Waals surface area contributed by atoms with Crippen molar-refractivity contribution in [1.82, 2.24) is 10.2 Å². The first-order valence-electron chi connectivity index (χ1n) is 8.74. The first-order chi connectivity index (χ1) is 12.3. The van der Waals surface area contributed by atoms with Crippen LogP contribution in [0.2, 0.25) is 0 Å². The summed E-state index contributed by atoms with van der Waals surface area (Å²) < 4.78 is 11.0. The second-order valence-electron chi connectivity index (χ2n) is 6.00. The van der Waals surface area contributed by atoms with Gasteiger partial charge in [-0.2, -0.15) is 0 Å². The van der Waals surface area contributed by atoms with E-state index in [9.17, 15) is 4.79 Å². The summed E-state index contributed by atoms with van der Waals surface area (Å²) in [5, 5.41) is 12.7. The van der Waals surface area contributed by atoms with Crippen LogP contribution in [-0.4, -0.2) is 29.3 Å². The summed E-state index contributed by atoms with van der Waals surface area (Å²) in [5.74, 6) is 1.43. The summed E-state index contributed by atoms with van der Waals surface area (Å²) in [6.45, 7) is 2.35. The van der Waals surface area contributed by atoms with Crippen LogP contribution in [0.5, 0.6) is 11.5 Å². The molecule has 1 N–H and O–H groups in total. The fourth-order valence-corrected chi connectivity index (χ4v) is 3.87. The standard InChI is InChI=1S/C18H23N3O3S/c1-2-23-14-10-6-7-11-15(14)24-12-16(22)19-18-21-20-17(25-18)13-8-4-3-5-9-13/h6-7,10-11,13H,2-5,8-9,12H2,1H3,(H,19,21,22). The Morgan fingerprint density at radius 3 is 2.60 bits per heavy atom. The Morgan fingerprint density at radius 2 is 1.88 bits per heavy atom. The van der Waals surface area contributed by atoms with Crippen LogP contribution < -0.4 is 14.8 Å². The molecule has 2 aromatic rings. The van der Waals surface area contributed by atoms with Crippen LogP contribution in [0.1, 0.15) is 50.0 Å². The average molecular weight is 361 g/mol. The molecule has 0 bridgehead atoms. The monoisotopic (exact) mass is 361 g/mol. The van der Waals surface area contributed by atoms with Crippen molar-refractivity contribution in [2.45, 2.75) is 44.9 Å². The van der Waals surface area contributed by atoms with Gasteiger partial charge in [0, 0.05) is 5.92 Å². The van der Waals surface area contributed by atoms with Gasteiger partial charge in [-0.15, -0.1) is 10.2 Å². The maximum Gasteiger partial charge on any atom is 0.264 e. The third-order valence-electron chi connectivity index (χ3n) is 4.15. The van der Waals surface area contributed by atoms with Gasteiger partial charge in [-0.3, -0.25) is 10.1 Å². The van der Waals surface area contributed by atoms with E-state index in [-0.39, 0.29) is 12.5 Å². The van der Waals surface area contributed by atoms with Crippen molar-refractivity contribution in [3.63, 3.8) is 0 Å². The Kier molecular flexibility index (Phi) is 6.22. The van der Waals surface area contributed by atoms with Crippen LogP contribution in [0.25, 0.3) is 0 Å². The molecular formula is C18H23N3O3S. The molecule has 0 radical (unpaired) electrons. The van der Waals surface area contributed by atoms with E-state index < -0.39 is 0 Å². The van der Waals surface area contributed by atoms with Gasteiger partial charge < -0.3 is 9.47 Å². The lowest BCUT2D eigenvalue weighted by Gasteiger charge is -2.18. The van der Waals surface area contributed by atoms with E-state index in [0.717, 1.165) is 5.01 Å². The van der Waals surface area contributed by atoms with Gasteiger partial charge in [0.2, 0.25) is 5.13 Å². The number of nitrogens with one attached hydrogen (secondary N) is 1. The summed E-state index contributed by atoms with van der Waals surface area (Å²) in [6, 6.07) is 7.31. The van der Waals surface area contributed by atoms with Gasteiger partial charge in [-0.1, -0.05) is 42.7 Å². The summed E-state index contributed by atoms with van der Waals surface area (Å²) in [6.07, 6.45) is 6.14. The van der Waals surface area contributed by atoms with Gasteiger partial charge in [-0.05, 0) is 31.9 Å².